The lowest BCUT2D eigenvalue weighted by Gasteiger charge is -2.27. The predicted octanol–water partition coefficient (Wildman–Crippen LogP) is 0.666. The number of hydrogen-bond acceptors (Lipinski definition) is 5. The van der Waals surface area contributed by atoms with Crippen molar-refractivity contribution in [1.82, 2.24) is 15.5 Å². The number of nitrogens with zero attached hydrogens (tertiary/aromatic N) is 2. The highest BCUT2D eigenvalue weighted by molar-refractivity contribution is 5.97. The van der Waals surface area contributed by atoms with Crippen molar-refractivity contribution in [3.8, 4) is 6.07 Å². The van der Waals surface area contributed by atoms with Crippen LogP contribution in [-0.4, -0.2) is 50.1 Å². The molecule has 1 amide bonds. The van der Waals surface area contributed by atoms with E-state index in [0.29, 0.717) is 12.2 Å². The van der Waals surface area contributed by atoms with E-state index in [0.717, 1.165) is 32.7 Å². The second kappa shape index (κ2) is 8.88. The van der Waals surface area contributed by atoms with Crippen molar-refractivity contribution >= 4 is 11.6 Å². The SMILES string of the molecule is N#C/C(=C/Nc1cccc(F)c1)C(=O)NCCN1CCNCC1. The first kappa shape index (κ1) is 16.9. The summed E-state index contributed by atoms with van der Waals surface area (Å²) in [5, 5.41) is 17.8. The summed E-state index contributed by atoms with van der Waals surface area (Å²) in [4.78, 5) is 14.2. The van der Waals surface area contributed by atoms with E-state index in [1.54, 1.807) is 12.1 Å². The number of halogens is 1. The van der Waals surface area contributed by atoms with Gasteiger partial charge in [-0.1, -0.05) is 6.07 Å². The molecule has 0 spiro atoms. The molecule has 1 heterocycles. The van der Waals surface area contributed by atoms with Gasteiger partial charge >= 0.3 is 0 Å². The maximum atomic E-state index is 13.1. The van der Waals surface area contributed by atoms with Crippen LogP contribution in [0.5, 0.6) is 0 Å². The zero-order valence-corrected chi connectivity index (χ0v) is 12.8. The maximum Gasteiger partial charge on any atom is 0.263 e. The molecule has 3 N–H and O–H groups in total. The zero-order chi connectivity index (χ0) is 16.5. The third-order valence-corrected chi connectivity index (χ3v) is 3.50. The topological polar surface area (TPSA) is 80.2 Å². The molecule has 2 rings (SSSR count). The molecule has 7 heteroatoms. The standard InChI is InChI=1S/C16H20FN5O/c17-14-2-1-3-15(10-14)21-12-13(11-18)16(23)20-6-9-22-7-4-19-5-8-22/h1-3,10,12,19,21H,4-9H2,(H,20,23)/b13-12-. The van der Waals surface area contributed by atoms with Crippen LogP contribution in [0.3, 0.4) is 0 Å². The number of amides is 1. The molecule has 1 aromatic rings. The molecule has 122 valence electrons. The molecule has 1 aliphatic heterocycles. The van der Waals surface area contributed by atoms with E-state index in [4.69, 9.17) is 5.26 Å². The van der Waals surface area contributed by atoms with Crippen LogP contribution in [0.4, 0.5) is 10.1 Å². The number of carbonyl (C=O) groups excluding carboxylic acids is 1. The number of nitrogens with one attached hydrogen (secondary N) is 3. The van der Waals surface area contributed by atoms with Gasteiger partial charge in [0.25, 0.3) is 5.91 Å². The third kappa shape index (κ3) is 5.70. The minimum absolute atomic E-state index is 0.0467. The molecule has 0 unspecified atom stereocenters. The lowest BCUT2D eigenvalue weighted by Crippen LogP contribution is -2.46. The summed E-state index contributed by atoms with van der Waals surface area (Å²) in [5.41, 5.74) is 0.431. The molecule has 6 nitrogen and oxygen atoms in total. The summed E-state index contributed by atoms with van der Waals surface area (Å²) in [6.45, 7) is 5.06. The highest BCUT2D eigenvalue weighted by Gasteiger charge is 2.11. The summed E-state index contributed by atoms with van der Waals surface area (Å²) in [6, 6.07) is 7.65. The van der Waals surface area contributed by atoms with Crippen LogP contribution in [0.2, 0.25) is 0 Å². The second-order valence-corrected chi connectivity index (χ2v) is 5.17. The van der Waals surface area contributed by atoms with E-state index in [-0.39, 0.29) is 11.4 Å². The molecule has 1 aromatic carbocycles. The van der Waals surface area contributed by atoms with E-state index in [2.05, 4.69) is 20.9 Å². The molecular formula is C16H20FN5O. The van der Waals surface area contributed by atoms with Crippen LogP contribution < -0.4 is 16.0 Å². The van der Waals surface area contributed by atoms with Gasteiger partial charge in [-0.2, -0.15) is 5.26 Å². The molecule has 0 aromatic heterocycles. The average molecular weight is 317 g/mol. The normalized spacial score (nSPS) is 15.7. The number of anilines is 1. The first-order chi connectivity index (χ1) is 11.2. The highest BCUT2D eigenvalue weighted by atomic mass is 19.1. The highest BCUT2D eigenvalue weighted by Crippen LogP contribution is 2.09. The van der Waals surface area contributed by atoms with Gasteiger partial charge in [-0.25, -0.2) is 4.39 Å². The van der Waals surface area contributed by atoms with Crippen molar-refractivity contribution in [3.05, 3.63) is 41.9 Å². The molecule has 23 heavy (non-hydrogen) atoms. The van der Waals surface area contributed by atoms with Gasteiger partial charge in [-0.15, -0.1) is 0 Å². The Kier molecular flexibility index (Phi) is 6.54. The number of carbonyl (C=O) groups is 1. The van der Waals surface area contributed by atoms with E-state index < -0.39 is 5.91 Å². The van der Waals surface area contributed by atoms with Gasteiger partial charge < -0.3 is 16.0 Å². The molecule has 1 fully saturated rings. The molecule has 0 aliphatic carbocycles. The summed E-state index contributed by atoms with van der Waals surface area (Å²) < 4.78 is 13.1. The number of hydrogen-bond donors (Lipinski definition) is 3. The Morgan fingerprint density at radius 1 is 1.43 bits per heavy atom. The van der Waals surface area contributed by atoms with Gasteiger partial charge in [0.05, 0.1) is 0 Å². The lowest BCUT2D eigenvalue weighted by molar-refractivity contribution is -0.117. The van der Waals surface area contributed by atoms with Crippen molar-refractivity contribution in [2.75, 3.05) is 44.6 Å². The molecule has 1 saturated heterocycles. The van der Waals surface area contributed by atoms with Gasteiger partial charge in [0.1, 0.15) is 17.5 Å². The van der Waals surface area contributed by atoms with Crippen molar-refractivity contribution < 1.29 is 9.18 Å². The van der Waals surface area contributed by atoms with E-state index in [1.165, 1.54) is 18.3 Å². The Balaban J connectivity index is 1.80. The average Bonchev–Trinajstić information content (AvgIpc) is 2.56. The van der Waals surface area contributed by atoms with E-state index >= 15 is 0 Å². The van der Waals surface area contributed by atoms with Gasteiger partial charge in [0, 0.05) is 51.2 Å². The Morgan fingerprint density at radius 2 is 2.22 bits per heavy atom. The van der Waals surface area contributed by atoms with Crippen molar-refractivity contribution in [2.24, 2.45) is 0 Å². The summed E-state index contributed by atoms with van der Waals surface area (Å²) in [6.07, 6.45) is 1.29. The van der Waals surface area contributed by atoms with E-state index in [1.807, 2.05) is 6.07 Å². The molecule has 0 bridgehead atoms. The number of nitriles is 1. The Bertz CT molecular complexity index is 605. The Labute approximate surface area is 135 Å². The minimum Gasteiger partial charge on any atom is -0.360 e. The Hall–Kier alpha value is -2.43. The summed E-state index contributed by atoms with van der Waals surface area (Å²) >= 11 is 0. The van der Waals surface area contributed by atoms with Crippen molar-refractivity contribution in [1.29, 1.82) is 5.26 Å². The summed E-state index contributed by atoms with van der Waals surface area (Å²) in [7, 11) is 0. The monoisotopic (exact) mass is 317 g/mol. The molecule has 0 atom stereocenters. The van der Waals surface area contributed by atoms with Crippen LogP contribution in [0.25, 0.3) is 0 Å². The largest absolute Gasteiger partial charge is 0.360 e. The fourth-order valence-corrected chi connectivity index (χ4v) is 2.24. The molecule has 1 aliphatic rings. The summed E-state index contributed by atoms with van der Waals surface area (Å²) in [5.74, 6) is -0.825. The van der Waals surface area contributed by atoms with Gasteiger partial charge in [0.15, 0.2) is 0 Å². The van der Waals surface area contributed by atoms with Gasteiger partial charge in [-0.3, -0.25) is 9.69 Å². The smallest absolute Gasteiger partial charge is 0.263 e. The quantitative estimate of drug-likeness (QED) is 0.531. The fraction of sp³-hybridized carbons (Fsp3) is 0.375. The van der Waals surface area contributed by atoms with E-state index in [9.17, 15) is 9.18 Å². The zero-order valence-electron chi connectivity index (χ0n) is 12.8. The van der Waals surface area contributed by atoms with Crippen LogP contribution in [0.1, 0.15) is 0 Å². The molecule has 0 radical (unpaired) electrons. The van der Waals surface area contributed by atoms with Crippen molar-refractivity contribution in [2.45, 2.75) is 0 Å². The third-order valence-electron chi connectivity index (χ3n) is 3.50. The number of rotatable bonds is 6. The molecule has 0 saturated carbocycles. The number of benzene rings is 1. The first-order valence-corrected chi connectivity index (χ1v) is 7.52. The lowest BCUT2D eigenvalue weighted by atomic mass is 10.2. The van der Waals surface area contributed by atoms with Crippen LogP contribution in [0, 0.1) is 17.1 Å². The van der Waals surface area contributed by atoms with Crippen LogP contribution >= 0.6 is 0 Å². The van der Waals surface area contributed by atoms with Gasteiger partial charge in [-0.05, 0) is 18.2 Å². The number of piperazine rings is 1. The first-order valence-electron chi connectivity index (χ1n) is 7.52. The van der Waals surface area contributed by atoms with Crippen LogP contribution in [-0.2, 0) is 4.79 Å². The fourth-order valence-electron chi connectivity index (χ4n) is 2.24. The maximum absolute atomic E-state index is 13.1. The second-order valence-electron chi connectivity index (χ2n) is 5.17. The Morgan fingerprint density at radius 3 is 2.91 bits per heavy atom. The predicted molar refractivity (Wildman–Crippen MR) is 86.0 cm³/mol. The molecular weight excluding hydrogens is 297 g/mol. The van der Waals surface area contributed by atoms with Crippen LogP contribution in [0.15, 0.2) is 36.0 Å². The van der Waals surface area contributed by atoms with Crippen molar-refractivity contribution in [3.63, 3.8) is 0 Å². The minimum atomic E-state index is -0.438. The van der Waals surface area contributed by atoms with Gasteiger partial charge in [0.2, 0.25) is 0 Å².